The smallest absolute Gasteiger partial charge is 0.456 e. The number of rotatable bonds is 3. The van der Waals surface area contributed by atoms with Crippen LogP contribution in [0.25, 0.3) is 110 Å². The molecule has 12 aromatic rings. The molecule has 0 amide bonds. The Labute approximate surface area is 327 Å². The van der Waals surface area contributed by atoms with Crippen molar-refractivity contribution >= 4 is 116 Å². The summed E-state index contributed by atoms with van der Waals surface area (Å²) in [5, 5.41) is 27.4. The molecule has 0 fully saturated rings. The van der Waals surface area contributed by atoms with Gasteiger partial charge in [-0.25, -0.2) is 0 Å². The Kier molecular flexibility index (Phi) is 7.47. The number of fused-ring (bicyclic) bond motifs is 14. The van der Waals surface area contributed by atoms with Gasteiger partial charge in [0.15, 0.2) is 0 Å². The van der Waals surface area contributed by atoms with Crippen LogP contribution in [0, 0.1) is 0 Å². The summed E-state index contributed by atoms with van der Waals surface area (Å²) in [5.41, 5.74) is 11.6. The van der Waals surface area contributed by atoms with Crippen molar-refractivity contribution in [2.24, 2.45) is 0 Å². The van der Waals surface area contributed by atoms with Crippen LogP contribution in [0.5, 0.6) is 0 Å². The molecule has 0 bridgehead atoms. The van der Waals surface area contributed by atoms with E-state index in [1.54, 1.807) is 18.2 Å². The Morgan fingerprint density at radius 3 is 1.12 bits per heavy atom. The second-order valence-electron chi connectivity index (χ2n) is 14.0. The summed E-state index contributed by atoms with van der Waals surface area (Å²) in [4.78, 5) is 0. The summed E-state index contributed by atoms with van der Waals surface area (Å²) in [5.74, 6) is 0. The fraction of sp³-hybridized carbons (Fsp3) is 0. The average Bonchev–Trinajstić information content (AvgIpc) is 4.00. The molecule has 6 nitrogen and oxygen atoms in total. The summed E-state index contributed by atoms with van der Waals surface area (Å²) in [7, 11) is -1.53. The molecule has 0 spiro atoms. The van der Waals surface area contributed by atoms with E-state index in [-0.39, 0.29) is 0 Å². The molecule has 8 heteroatoms. The largest absolute Gasteiger partial charge is 0.488 e. The lowest BCUT2D eigenvalue weighted by atomic mass is 9.80. The predicted molar refractivity (Wildman–Crippen MR) is 230 cm³/mol. The third kappa shape index (κ3) is 5.26. The highest BCUT2D eigenvalue weighted by Gasteiger charge is 2.20. The molecule has 0 saturated carbocycles. The molecule has 266 valence electrons. The Hall–Kier alpha value is -6.58. The number of benzene rings is 8. The van der Waals surface area contributed by atoms with E-state index in [0.717, 1.165) is 97.8 Å². The molecule has 8 aromatic carbocycles. The quantitative estimate of drug-likeness (QED) is 0.173. The maximum absolute atomic E-state index is 9.61. The van der Waals surface area contributed by atoms with Crippen LogP contribution in [0.2, 0.25) is 0 Å². The monoisotopic (exact) mass is 790 g/mol. The number of furan rings is 4. The molecule has 4 aromatic heterocycles. The van der Waals surface area contributed by atoms with Crippen molar-refractivity contribution < 1.29 is 27.7 Å². The molecular formula is C48H28BBrO6. The van der Waals surface area contributed by atoms with Gasteiger partial charge in [-0.3, -0.25) is 0 Å². The van der Waals surface area contributed by atoms with Gasteiger partial charge in [0.2, 0.25) is 0 Å². The van der Waals surface area contributed by atoms with Crippen molar-refractivity contribution in [3.05, 3.63) is 162 Å². The summed E-state index contributed by atoms with van der Waals surface area (Å²) in [6.45, 7) is 0. The summed E-state index contributed by atoms with van der Waals surface area (Å²) in [6.07, 6.45) is 0. The highest BCUT2D eigenvalue weighted by atomic mass is 79.9. The summed E-state index contributed by atoms with van der Waals surface area (Å²) >= 11 is 3.58. The minimum absolute atomic E-state index is 0.426. The maximum Gasteiger partial charge on any atom is 0.488 e. The number of halogens is 1. The molecule has 0 aliphatic carbocycles. The van der Waals surface area contributed by atoms with Crippen molar-refractivity contribution in [1.82, 2.24) is 0 Å². The van der Waals surface area contributed by atoms with E-state index in [9.17, 15) is 10.0 Å². The van der Waals surface area contributed by atoms with Crippen molar-refractivity contribution in [3.8, 4) is 22.3 Å². The third-order valence-corrected chi connectivity index (χ3v) is 11.1. The summed E-state index contributed by atoms with van der Waals surface area (Å²) in [6, 6.07) is 52.3. The zero-order chi connectivity index (χ0) is 37.5. The van der Waals surface area contributed by atoms with Gasteiger partial charge in [-0.15, -0.1) is 0 Å². The molecular weight excluding hydrogens is 763 g/mol. The van der Waals surface area contributed by atoms with Crippen molar-refractivity contribution in [3.63, 3.8) is 0 Å². The molecule has 56 heavy (non-hydrogen) atoms. The Bertz CT molecular complexity index is 3470. The van der Waals surface area contributed by atoms with Crippen LogP contribution in [0.15, 0.2) is 180 Å². The maximum atomic E-state index is 9.61. The molecule has 0 aliphatic heterocycles. The van der Waals surface area contributed by atoms with Crippen LogP contribution in [0.1, 0.15) is 0 Å². The van der Waals surface area contributed by atoms with Gasteiger partial charge < -0.3 is 27.7 Å². The minimum atomic E-state index is -1.53. The predicted octanol–water partition coefficient (Wildman–Crippen LogP) is 12.7. The highest BCUT2D eigenvalue weighted by molar-refractivity contribution is 9.10. The molecule has 0 aliphatic rings. The van der Waals surface area contributed by atoms with Gasteiger partial charge in [0.25, 0.3) is 0 Å². The lowest BCUT2D eigenvalue weighted by molar-refractivity contribution is 0.426. The lowest BCUT2D eigenvalue weighted by Crippen LogP contribution is -2.29. The van der Waals surface area contributed by atoms with E-state index < -0.39 is 7.12 Å². The van der Waals surface area contributed by atoms with Gasteiger partial charge in [-0.2, -0.15) is 0 Å². The van der Waals surface area contributed by atoms with Crippen LogP contribution < -0.4 is 5.46 Å². The third-order valence-electron chi connectivity index (χ3n) is 10.6. The van der Waals surface area contributed by atoms with Gasteiger partial charge in [-0.05, 0) is 101 Å². The fourth-order valence-corrected chi connectivity index (χ4v) is 8.40. The second kappa shape index (κ2) is 12.7. The Balaban J connectivity index is 0.000000130. The molecule has 0 atom stereocenters. The van der Waals surface area contributed by atoms with Crippen LogP contribution in [0.4, 0.5) is 0 Å². The van der Waals surface area contributed by atoms with Crippen LogP contribution >= 0.6 is 15.9 Å². The van der Waals surface area contributed by atoms with Crippen LogP contribution in [0.3, 0.4) is 0 Å². The first-order valence-corrected chi connectivity index (χ1v) is 19.0. The topological polar surface area (TPSA) is 93.0 Å². The van der Waals surface area contributed by atoms with Gasteiger partial charge in [0.1, 0.15) is 44.7 Å². The molecule has 2 N–H and O–H groups in total. The molecule has 12 rings (SSSR count). The van der Waals surface area contributed by atoms with Gasteiger partial charge >= 0.3 is 7.12 Å². The van der Waals surface area contributed by atoms with E-state index in [2.05, 4.69) is 88.7 Å². The lowest BCUT2D eigenvalue weighted by Gasteiger charge is -2.02. The Morgan fingerprint density at radius 2 is 0.696 bits per heavy atom. The first-order valence-electron chi connectivity index (χ1n) is 18.2. The van der Waals surface area contributed by atoms with Crippen LogP contribution in [-0.2, 0) is 0 Å². The first-order chi connectivity index (χ1) is 27.5. The van der Waals surface area contributed by atoms with Crippen molar-refractivity contribution in [1.29, 1.82) is 0 Å². The molecule has 0 radical (unpaired) electrons. The zero-order valence-corrected chi connectivity index (χ0v) is 31.1. The van der Waals surface area contributed by atoms with Crippen molar-refractivity contribution in [2.45, 2.75) is 0 Å². The fourth-order valence-electron chi connectivity index (χ4n) is 8.04. The van der Waals surface area contributed by atoms with E-state index in [1.165, 1.54) is 11.1 Å². The van der Waals surface area contributed by atoms with Gasteiger partial charge in [0.05, 0.1) is 0 Å². The average molecular weight is 791 g/mol. The SMILES string of the molecule is Brc1ccc2oc3ccc4oc5ccc(-c6ccccc6)cc5c4c3c2c1.OB(O)c1ccc2oc3ccc4oc5ccc(-c6ccccc6)cc5c4c3c2c1. The van der Waals surface area contributed by atoms with Gasteiger partial charge in [0, 0.05) is 47.6 Å². The molecule has 4 heterocycles. The Morgan fingerprint density at radius 1 is 0.339 bits per heavy atom. The number of hydrogen-bond acceptors (Lipinski definition) is 6. The normalized spacial score (nSPS) is 11.8. The van der Waals surface area contributed by atoms with E-state index in [0.29, 0.717) is 11.0 Å². The van der Waals surface area contributed by atoms with Crippen molar-refractivity contribution in [2.75, 3.05) is 0 Å². The van der Waals surface area contributed by atoms with E-state index >= 15 is 0 Å². The van der Waals surface area contributed by atoms with E-state index in [1.807, 2.05) is 66.7 Å². The minimum Gasteiger partial charge on any atom is -0.456 e. The van der Waals surface area contributed by atoms with E-state index in [4.69, 9.17) is 17.7 Å². The standard InChI is InChI=1S/C24H15BO4.C24H13BrO2/c26-25(27)16-7-9-20-18(13-16)24-22(29-20)11-10-21-23(24)17-12-15(6-8-19(17)28-21)14-4-2-1-3-5-14;25-16-7-9-20-18(13-16)24-22(27-20)11-10-21-23(24)17-12-15(6-8-19(17)26-21)14-4-2-1-3-5-14/h1-13,26-27H;1-13H. The first kappa shape index (κ1) is 32.8. The zero-order valence-electron chi connectivity index (χ0n) is 29.5. The second-order valence-corrected chi connectivity index (χ2v) is 14.9. The molecule has 0 saturated heterocycles. The highest BCUT2D eigenvalue weighted by Crippen LogP contribution is 2.43. The van der Waals surface area contributed by atoms with Gasteiger partial charge in [-0.1, -0.05) is 101 Å². The van der Waals surface area contributed by atoms with Crippen LogP contribution in [-0.4, -0.2) is 17.2 Å². The number of hydrogen-bond donors (Lipinski definition) is 2. The molecule has 0 unspecified atom stereocenters. The summed E-state index contributed by atoms with van der Waals surface area (Å²) < 4.78 is 25.4.